The number of rotatable bonds is 2. The minimum atomic E-state index is -0.342. The summed E-state index contributed by atoms with van der Waals surface area (Å²) in [5, 5.41) is 7.48. The van der Waals surface area contributed by atoms with Crippen LogP contribution in [-0.2, 0) is 5.54 Å². The molecule has 1 aromatic carbocycles. The van der Waals surface area contributed by atoms with E-state index in [1.165, 1.54) is 12.1 Å². The third-order valence-corrected chi connectivity index (χ3v) is 4.31. The highest BCUT2D eigenvalue weighted by Gasteiger charge is 2.25. The molecule has 3 rings (SSSR count). The molecule has 0 saturated heterocycles. The first-order chi connectivity index (χ1) is 11.8. The zero-order valence-electron chi connectivity index (χ0n) is 15.1. The van der Waals surface area contributed by atoms with Crippen LogP contribution in [0.3, 0.4) is 0 Å². The highest BCUT2D eigenvalue weighted by molar-refractivity contribution is 5.92. The fourth-order valence-electron chi connectivity index (χ4n) is 3.19. The maximum absolute atomic E-state index is 13.5. The first-order valence-electron chi connectivity index (χ1n) is 8.56. The van der Waals surface area contributed by atoms with Crippen molar-refractivity contribution in [3.63, 3.8) is 0 Å². The molecule has 2 heterocycles. The topological polar surface area (TPSA) is 56.1 Å². The van der Waals surface area contributed by atoms with Crippen LogP contribution in [0.1, 0.15) is 61.4 Å². The van der Waals surface area contributed by atoms with Gasteiger partial charge in [0.15, 0.2) is 0 Å². The van der Waals surface area contributed by atoms with Gasteiger partial charge in [-0.2, -0.15) is 5.10 Å². The van der Waals surface area contributed by atoms with Crippen molar-refractivity contribution in [3.8, 4) is 5.75 Å². The monoisotopic (exact) mass is 345 g/mol. The van der Waals surface area contributed by atoms with Gasteiger partial charge >= 0.3 is 0 Å². The average molecular weight is 345 g/mol. The molecule has 134 valence electrons. The van der Waals surface area contributed by atoms with Gasteiger partial charge in [-0.05, 0) is 52.7 Å². The second kappa shape index (κ2) is 6.50. The maximum Gasteiger partial charge on any atom is 0.272 e. The third kappa shape index (κ3) is 3.67. The predicted molar refractivity (Wildman–Crippen MR) is 93.3 cm³/mol. The molecule has 2 aromatic rings. The number of hydrogen-bond donors (Lipinski definition) is 1. The van der Waals surface area contributed by atoms with E-state index in [0.717, 1.165) is 24.1 Å². The standard InChI is InChI=1S/C19H24FN3O2/c1-12-10-16(22-23(12)19(2,3)4)18(24)21-15-6-5-9-25-17-11-13(20)7-8-14(15)17/h7-8,10-11,15H,5-6,9H2,1-4H3,(H,21,24)/t15-/m0/s1. The second-order valence-corrected chi connectivity index (χ2v) is 7.45. The molecule has 0 fully saturated rings. The molecule has 0 unspecified atom stereocenters. The molecule has 0 saturated carbocycles. The Hall–Kier alpha value is -2.37. The minimum Gasteiger partial charge on any atom is -0.493 e. The Bertz CT molecular complexity index is 792. The first-order valence-corrected chi connectivity index (χ1v) is 8.56. The van der Waals surface area contributed by atoms with Gasteiger partial charge < -0.3 is 10.1 Å². The summed E-state index contributed by atoms with van der Waals surface area (Å²) in [6.07, 6.45) is 1.53. The summed E-state index contributed by atoms with van der Waals surface area (Å²) < 4.78 is 20.9. The molecule has 1 atom stereocenters. The molecule has 6 heteroatoms. The number of amides is 1. The summed E-state index contributed by atoms with van der Waals surface area (Å²) in [4.78, 5) is 12.7. The fourth-order valence-corrected chi connectivity index (χ4v) is 3.19. The molecule has 1 aliphatic heterocycles. The van der Waals surface area contributed by atoms with E-state index in [1.807, 2.05) is 32.4 Å². The summed E-state index contributed by atoms with van der Waals surface area (Å²) in [5.41, 5.74) is 1.94. The van der Waals surface area contributed by atoms with Crippen LogP contribution in [-0.4, -0.2) is 22.3 Å². The van der Waals surface area contributed by atoms with Crippen molar-refractivity contribution in [1.29, 1.82) is 0 Å². The van der Waals surface area contributed by atoms with Gasteiger partial charge in [-0.1, -0.05) is 6.07 Å². The zero-order chi connectivity index (χ0) is 18.2. The SMILES string of the molecule is Cc1cc(C(=O)N[C@H]2CCCOc3cc(F)ccc32)nn1C(C)(C)C. The van der Waals surface area contributed by atoms with Gasteiger partial charge in [0.25, 0.3) is 5.91 Å². The summed E-state index contributed by atoms with van der Waals surface area (Å²) >= 11 is 0. The van der Waals surface area contributed by atoms with E-state index in [-0.39, 0.29) is 23.3 Å². The molecule has 1 aromatic heterocycles. The van der Waals surface area contributed by atoms with Gasteiger partial charge in [-0.25, -0.2) is 4.39 Å². The molecule has 0 spiro atoms. The number of ether oxygens (including phenoxy) is 1. The van der Waals surface area contributed by atoms with Crippen molar-refractivity contribution in [1.82, 2.24) is 15.1 Å². The third-order valence-electron chi connectivity index (χ3n) is 4.31. The number of benzene rings is 1. The summed E-state index contributed by atoms with van der Waals surface area (Å²) in [5.74, 6) is -0.0715. The van der Waals surface area contributed by atoms with Gasteiger partial charge in [0, 0.05) is 17.3 Å². The summed E-state index contributed by atoms with van der Waals surface area (Å²) in [7, 11) is 0. The van der Waals surface area contributed by atoms with E-state index in [0.29, 0.717) is 18.1 Å². The van der Waals surface area contributed by atoms with E-state index >= 15 is 0 Å². The average Bonchev–Trinajstić information content (AvgIpc) is 2.82. The van der Waals surface area contributed by atoms with Crippen LogP contribution in [0.15, 0.2) is 24.3 Å². The molecule has 5 nitrogen and oxygen atoms in total. The van der Waals surface area contributed by atoms with Crippen LogP contribution in [0.4, 0.5) is 4.39 Å². The molecule has 0 bridgehead atoms. The number of nitrogens with one attached hydrogen (secondary N) is 1. The number of nitrogens with zero attached hydrogens (tertiary/aromatic N) is 2. The smallest absolute Gasteiger partial charge is 0.272 e. The van der Waals surface area contributed by atoms with E-state index in [2.05, 4.69) is 10.4 Å². The van der Waals surface area contributed by atoms with Crippen LogP contribution in [0, 0.1) is 12.7 Å². The number of carbonyl (C=O) groups excluding carboxylic acids is 1. The number of aryl methyl sites for hydroxylation is 1. The lowest BCUT2D eigenvalue weighted by Crippen LogP contribution is -2.30. The van der Waals surface area contributed by atoms with Crippen LogP contribution >= 0.6 is 0 Å². The van der Waals surface area contributed by atoms with Crippen LogP contribution in [0.5, 0.6) is 5.75 Å². The van der Waals surface area contributed by atoms with Crippen molar-refractivity contribution >= 4 is 5.91 Å². The minimum absolute atomic E-state index is 0.192. The van der Waals surface area contributed by atoms with Crippen LogP contribution in [0.2, 0.25) is 0 Å². The molecule has 1 amide bonds. The number of carbonyl (C=O) groups is 1. The predicted octanol–water partition coefficient (Wildman–Crippen LogP) is 3.73. The Labute approximate surface area is 147 Å². The molecule has 1 N–H and O–H groups in total. The normalized spacial score (nSPS) is 17.4. The summed E-state index contributed by atoms with van der Waals surface area (Å²) in [6.45, 7) is 8.58. The Balaban J connectivity index is 1.84. The van der Waals surface area contributed by atoms with Gasteiger partial charge in [-0.15, -0.1) is 0 Å². The van der Waals surface area contributed by atoms with E-state index in [9.17, 15) is 9.18 Å². The van der Waals surface area contributed by atoms with Gasteiger partial charge in [-0.3, -0.25) is 9.48 Å². The molecule has 25 heavy (non-hydrogen) atoms. The lowest BCUT2D eigenvalue weighted by molar-refractivity contribution is 0.0928. The fraction of sp³-hybridized carbons (Fsp3) is 0.474. The molecular weight excluding hydrogens is 321 g/mol. The van der Waals surface area contributed by atoms with Crippen molar-refractivity contribution in [3.05, 3.63) is 47.0 Å². The Morgan fingerprint density at radius 3 is 2.80 bits per heavy atom. The number of halogens is 1. The van der Waals surface area contributed by atoms with E-state index in [4.69, 9.17) is 4.74 Å². The first kappa shape index (κ1) is 17.5. The lowest BCUT2D eigenvalue weighted by Gasteiger charge is -2.21. The van der Waals surface area contributed by atoms with Crippen LogP contribution in [0.25, 0.3) is 0 Å². The Kier molecular flexibility index (Phi) is 4.54. The van der Waals surface area contributed by atoms with E-state index in [1.54, 1.807) is 12.1 Å². The maximum atomic E-state index is 13.5. The van der Waals surface area contributed by atoms with Gasteiger partial charge in [0.2, 0.25) is 0 Å². The van der Waals surface area contributed by atoms with Gasteiger partial charge in [0.1, 0.15) is 17.3 Å². The van der Waals surface area contributed by atoms with Crippen molar-refractivity contribution in [2.45, 2.75) is 52.1 Å². The largest absolute Gasteiger partial charge is 0.493 e. The second-order valence-electron chi connectivity index (χ2n) is 7.45. The van der Waals surface area contributed by atoms with E-state index < -0.39 is 0 Å². The van der Waals surface area contributed by atoms with Crippen LogP contribution < -0.4 is 10.1 Å². The van der Waals surface area contributed by atoms with Crippen molar-refractivity contribution in [2.24, 2.45) is 0 Å². The molecule has 1 aliphatic rings. The van der Waals surface area contributed by atoms with Crippen molar-refractivity contribution < 1.29 is 13.9 Å². The zero-order valence-corrected chi connectivity index (χ0v) is 15.1. The molecular formula is C19H24FN3O2. The highest BCUT2D eigenvalue weighted by atomic mass is 19.1. The number of hydrogen-bond acceptors (Lipinski definition) is 3. The quantitative estimate of drug-likeness (QED) is 0.902. The van der Waals surface area contributed by atoms with Gasteiger partial charge in [0.05, 0.1) is 18.2 Å². The molecule has 0 radical (unpaired) electrons. The molecule has 0 aliphatic carbocycles. The van der Waals surface area contributed by atoms with Crippen molar-refractivity contribution in [2.75, 3.05) is 6.61 Å². The summed E-state index contributed by atoms with van der Waals surface area (Å²) in [6, 6.07) is 6.02. The highest BCUT2D eigenvalue weighted by Crippen LogP contribution is 2.32. The number of aromatic nitrogens is 2. The Morgan fingerprint density at radius 2 is 2.12 bits per heavy atom. The number of fused-ring (bicyclic) bond motifs is 1. The Morgan fingerprint density at radius 1 is 1.36 bits per heavy atom. The lowest BCUT2D eigenvalue weighted by atomic mass is 10.0.